The molecule has 0 amide bonds. The standard InChI is InChI=1S/C14H15N5/c1-10(15-9-14-16-18-19-17-14)12-8-4-6-11-5-2-3-7-13(11)12/h2-8,10,15H,9H2,1H3,(H,16,17,18,19). The van der Waals surface area contributed by atoms with Crippen LogP contribution in [0.2, 0.25) is 0 Å². The van der Waals surface area contributed by atoms with Crippen molar-refractivity contribution in [3.05, 3.63) is 53.9 Å². The van der Waals surface area contributed by atoms with Gasteiger partial charge in [0.1, 0.15) is 0 Å². The summed E-state index contributed by atoms with van der Waals surface area (Å²) in [6.07, 6.45) is 0. The quantitative estimate of drug-likeness (QED) is 0.748. The molecule has 0 radical (unpaired) electrons. The van der Waals surface area contributed by atoms with Crippen LogP contribution in [0.1, 0.15) is 24.4 Å². The van der Waals surface area contributed by atoms with Crippen molar-refractivity contribution < 1.29 is 0 Å². The number of hydrogen-bond donors (Lipinski definition) is 2. The van der Waals surface area contributed by atoms with E-state index in [1.54, 1.807) is 0 Å². The third-order valence-electron chi connectivity index (χ3n) is 3.25. The van der Waals surface area contributed by atoms with Gasteiger partial charge in [0.2, 0.25) is 0 Å². The van der Waals surface area contributed by atoms with Gasteiger partial charge in [-0.1, -0.05) is 47.7 Å². The molecular formula is C14H15N5. The van der Waals surface area contributed by atoms with Crippen LogP contribution < -0.4 is 5.32 Å². The lowest BCUT2D eigenvalue weighted by atomic mass is 10.00. The summed E-state index contributed by atoms with van der Waals surface area (Å²) in [5.41, 5.74) is 1.28. The fourth-order valence-electron chi connectivity index (χ4n) is 2.24. The molecular weight excluding hydrogens is 238 g/mol. The third kappa shape index (κ3) is 2.46. The van der Waals surface area contributed by atoms with E-state index in [2.05, 4.69) is 75.3 Å². The number of aromatic amines is 1. The maximum absolute atomic E-state index is 3.93. The van der Waals surface area contributed by atoms with Gasteiger partial charge in [0, 0.05) is 6.04 Å². The Labute approximate surface area is 111 Å². The summed E-state index contributed by atoms with van der Waals surface area (Å²) in [6, 6.07) is 15.0. The monoisotopic (exact) mass is 253 g/mol. The van der Waals surface area contributed by atoms with Crippen molar-refractivity contribution in [1.29, 1.82) is 0 Å². The maximum Gasteiger partial charge on any atom is 0.188 e. The fourth-order valence-corrected chi connectivity index (χ4v) is 2.24. The first kappa shape index (κ1) is 11.8. The minimum atomic E-state index is 0.226. The largest absolute Gasteiger partial charge is 0.303 e. The lowest BCUT2D eigenvalue weighted by Crippen LogP contribution is -2.19. The molecule has 0 aliphatic rings. The highest BCUT2D eigenvalue weighted by atomic mass is 15.5. The van der Waals surface area contributed by atoms with Gasteiger partial charge in [-0.05, 0) is 23.3 Å². The number of rotatable bonds is 4. The molecule has 5 heteroatoms. The molecule has 0 aliphatic carbocycles. The van der Waals surface area contributed by atoms with Gasteiger partial charge in [0.05, 0.1) is 6.54 Å². The van der Waals surface area contributed by atoms with Crippen molar-refractivity contribution in [2.24, 2.45) is 0 Å². The predicted octanol–water partition coefficient (Wildman–Crippen LogP) is 2.20. The molecule has 1 aromatic heterocycles. The molecule has 0 spiro atoms. The Bertz CT molecular complexity index is 657. The summed E-state index contributed by atoms with van der Waals surface area (Å²) in [6.45, 7) is 2.74. The van der Waals surface area contributed by atoms with Crippen LogP contribution in [-0.2, 0) is 6.54 Å². The summed E-state index contributed by atoms with van der Waals surface area (Å²) in [5.74, 6) is 0.673. The Morgan fingerprint density at radius 2 is 2.00 bits per heavy atom. The minimum Gasteiger partial charge on any atom is -0.303 e. The second-order valence-corrected chi connectivity index (χ2v) is 4.50. The molecule has 1 unspecified atom stereocenters. The van der Waals surface area contributed by atoms with Crippen LogP contribution in [0.4, 0.5) is 0 Å². The van der Waals surface area contributed by atoms with Crippen LogP contribution in [-0.4, -0.2) is 20.6 Å². The summed E-state index contributed by atoms with van der Waals surface area (Å²) in [4.78, 5) is 0. The number of nitrogens with one attached hydrogen (secondary N) is 2. The van der Waals surface area contributed by atoms with Gasteiger partial charge >= 0.3 is 0 Å². The van der Waals surface area contributed by atoms with Crippen molar-refractivity contribution in [3.63, 3.8) is 0 Å². The van der Waals surface area contributed by atoms with Gasteiger partial charge in [-0.3, -0.25) is 0 Å². The van der Waals surface area contributed by atoms with Crippen molar-refractivity contribution in [3.8, 4) is 0 Å². The fraction of sp³-hybridized carbons (Fsp3) is 0.214. The molecule has 19 heavy (non-hydrogen) atoms. The van der Waals surface area contributed by atoms with Crippen molar-refractivity contribution in [1.82, 2.24) is 25.9 Å². The van der Waals surface area contributed by atoms with Crippen LogP contribution in [0, 0.1) is 0 Å². The highest BCUT2D eigenvalue weighted by Gasteiger charge is 2.09. The van der Waals surface area contributed by atoms with Gasteiger partial charge in [-0.2, -0.15) is 5.21 Å². The molecule has 2 N–H and O–H groups in total. The Balaban J connectivity index is 1.83. The van der Waals surface area contributed by atoms with E-state index >= 15 is 0 Å². The molecule has 0 fully saturated rings. The summed E-state index contributed by atoms with van der Waals surface area (Å²) < 4.78 is 0. The zero-order valence-corrected chi connectivity index (χ0v) is 10.7. The van der Waals surface area contributed by atoms with E-state index in [1.165, 1.54) is 16.3 Å². The van der Waals surface area contributed by atoms with Gasteiger partial charge in [0.15, 0.2) is 5.82 Å². The average molecular weight is 253 g/mol. The number of H-pyrrole nitrogens is 1. The van der Waals surface area contributed by atoms with Crippen LogP contribution in [0.15, 0.2) is 42.5 Å². The molecule has 3 rings (SSSR count). The average Bonchev–Trinajstić information content (AvgIpc) is 2.97. The van der Waals surface area contributed by atoms with E-state index in [-0.39, 0.29) is 6.04 Å². The smallest absolute Gasteiger partial charge is 0.188 e. The number of nitrogens with zero attached hydrogens (tertiary/aromatic N) is 3. The van der Waals surface area contributed by atoms with Crippen molar-refractivity contribution >= 4 is 10.8 Å². The van der Waals surface area contributed by atoms with Gasteiger partial charge in [0.25, 0.3) is 0 Å². The van der Waals surface area contributed by atoms with E-state index in [0.717, 1.165) is 0 Å². The van der Waals surface area contributed by atoms with Crippen LogP contribution in [0.5, 0.6) is 0 Å². The molecule has 0 bridgehead atoms. The normalized spacial score (nSPS) is 12.7. The minimum absolute atomic E-state index is 0.226. The van der Waals surface area contributed by atoms with Crippen molar-refractivity contribution in [2.45, 2.75) is 19.5 Å². The van der Waals surface area contributed by atoms with Gasteiger partial charge in [-0.25, -0.2) is 0 Å². The second-order valence-electron chi connectivity index (χ2n) is 4.50. The third-order valence-corrected chi connectivity index (χ3v) is 3.25. The Hall–Kier alpha value is -2.27. The van der Waals surface area contributed by atoms with Crippen LogP contribution in [0.3, 0.4) is 0 Å². The van der Waals surface area contributed by atoms with E-state index in [9.17, 15) is 0 Å². The Morgan fingerprint density at radius 3 is 2.84 bits per heavy atom. The number of fused-ring (bicyclic) bond motifs is 1. The van der Waals surface area contributed by atoms with E-state index in [4.69, 9.17) is 0 Å². The number of hydrogen-bond acceptors (Lipinski definition) is 4. The van der Waals surface area contributed by atoms with Crippen LogP contribution in [0.25, 0.3) is 10.8 Å². The maximum atomic E-state index is 3.93. The molecule has 1 atom stereocenters. The number of benzene rings is 2. The van der Waals surface area contributed by atoms with Gasteiger partial charge in [-0.15, -0.1) is 10.2 Å². The highest BCUT2D eigenvalue weighted by molar-refractivity contribution is 5.86. The zero-order valence-electron chi connectivity index (χ0n) is 10.7. The SMILES string of the molecule is CC(NCc1nn[nH]n1)c1cccc2ccccc12. The Kier molecular flexibility index (Phi) is 3.20. The first-order chi connectivity index (χ1) is 9.34. The lowest BCUT2D eigenvalue weighted by molar-refractivity contribution is 0.562. The molecule has 2 aromatic carbocycles. The first-order valence-electron chi connectivity index (χ1n) is 6.28. The van der Waals surface area contributed by atoms with Crippen LogP contribution >= 0.6 is 0 Å². The number of aromatic nitrogens is 4. The zero-order chi connectivity index (χ0) is 13.1. The Morgan fingerprint density at radius 1 is 1.16 bits per heavy atom. The molecule has 1 heterocycles. The van der Waals surface area contributed by atoms with E-state index in [1.807, 2.05) is 0 Å². The molecule has 0 saturated carbocycles. The summed E-state index contributed by atoms with van der Waals surface area (Å²) >= 11 is 0. The first-order valence-corrected chi connectivity index (χ1v) is 6.28. The van der Waals surface area contributed by atoms with Gasteiger partial charge < -0.3 is 5.32 Å². The lowest BCUT2D eigenvalue weighted by Gasteiger charge is -2.15. The van der Waals surface area contributed by atoms with Crippen molar-refractivity contribution in [2.75, 3.05) is 0 Å². The number of tetrazole rings is 1. The molecule has 0 aliphatic heterocycles. The predicted molar refractivity (Wildman–Crippen MR) is 73.4 cm³/mol. The highest BCUT2D eigenvalue weighted by Crippen LogP contribution is 2.23. The van der Waals surface area contributed by atoms with E-state index in [0.29, 0.717) is 12.4 Å². The molecule has 0 saturated heterocycles. The molecule has 5 nitrogen and oxygen atoms in total. The molecule has 3 aromatic rings. The topological polar surface area (TPSA) is 66.5 Å². The second kappa shape index (κ2) is 5.16. The summed E-state index contributed by atoms with van der Waals surface area (Å²) in [5, 5.41) is 19.8. The van der Waals surface area contributed by atoms with E-state index < -0.39 is 0 Å². The summed E-state index contributed by atoms with van der Waals surface area (Å²) in [7, 11) is 0. The molecule has 96 valence electrons.